The molecule has 2 aromatic rings. The molecule has 0 fully saturated rings. The minimum atomic E-state index is -0.907. The summed E-state index contributed by atoms with van der Waals surface area (Å²) in [5, 5.41) is 7.29. The minimum absolute atomic E-state index is 0.101. The monoisotopic (exact) mass is 266 g/mol. The van der Waals surface area contributed by atoms with E-state index in [4.69, 9.17) is 5.73 Å². The summed E-state index contributed by atoms with van der Waals surface area (Å²) in [6.45, 7) is 5.72. The zero-order valence-corrected chi connectivity index (χ0v) is 11.0. The molecule has 0 aliphatic carbocycles. The van der Waals surface area contributed by atoms with Gasteiger partial charge in [0.25, 0.3) is 0 Å². The van der Waals surface area contributed by atoms with Crippen LogP contribution in [-0.2, 0) is 0 Å². The number of benzene rings is 1. The van der Waals surface area contributed by atoms with E-state index in [-0.39, 0.29) is 6.04 Å². The predicted octanol–water partition coefficient (Wildman–Crippen LogP) is 3.38. The normalized spacial score (nSPS) is 11.1. The summed E-state index contributed by atoms with van der Waals surface area (Å²) >= 11 is 0. The molecule has 1 aromatic heterocycles. The lowest BCUT2D eigenvalue weighted by Gasteiger charge is -2.13. The van der Waals surface area contributed by atoms with E-state index in [1.807, 2.05) is 13.8 Å². The molecule has 102 valence electrons. The highest BCUT2D eigenvalue weighted by Crippen LogP contribution is 2.29. The van der Waals surface area contributed by atoms with Crippen molar-refractivity contribution in [3.8, 4) is 0 Å². The van der Waals surface area contributed by atoms with Gasteiger partial charge in [-0.2, -0.15) is 5.10 Å². The highest BCUT2D eigenvalue weighted by molar-refractivity contribution is 5.71. The van der Waals surface area contributed by atoms with Gasteiger partial charge in [-0.25, -0.2) is 13.5 Å². The summed E-state index contributed by atoms with van der Waals surface area (Å²) < 4.78 is 27.8. The molecule has 0 atom stereocenters. The summed E-state index contributed by atoms with van der Waals surface area (Å²) in [5.74, 6) is -1.21. The van der Waals surface area contributed by atoms with Crippen LogP contribution in [0.1, 0.15) is 25.6 Å². The number of nitrogens with two attached hydrogens (primary N) is 1. The number of hydrogen-bond donors (Lipinski definition) is 2. The molecule has 3 N–H and O–H groups in total. The number of halogens is 2. The topological polar surface area (TPSA) is 55.9 Å². The molecule has 6 heteroatoms. The van der Waals surface area contributed by atoms with Gasteiger partial charge in [0.2, 0.25) is 0 Å². The summed E-state index contributed by atoms with van der Waals surface area (Å²) in [4.78, 5) is 0. The van der Waals surface area contributed by atoms with E-state index in [1.165, 1.54) is 6.07 Å². The SMILES string of the molecule is Cc1nn(C(C)C)c(Nc2ccc(F)c(F)c2)c1N. The molecule has 4 nitrogen and oxygen atoms in total. The van der Waals surface area contributed by atoms with E-state index in [0.29, 0.717) is 22.9 Å². The van der Waals surface area contributed by atoms with E-state index in [1.54, 1.807) is 11.6 Å². The second-order valence-electron chi connectivity index (χ2n) is 4.64. The van der Waals surface area contributed by atoms with E-state index >= 15 is 0 Å². The van der Waals surface area contributed by atoms with Crippen LogP contribution in [0.25, 0.3) is 0 Å². The third-order valence-corrected chi connectivity index (χ3v) is 2.80. The lowest BCUT2D eigenvalue weighted by atomic mass is 10.3. The molecule has 0 aliphatic heterocycles. The summed E-state index contributed by atoms with van der Waals surface area (Å²) in [7, 11) is 0. The predicted molar refractivity (Wildman–Crippen MR) is 71.4 cm³/mol. The third kappa shape index (κ3) is 2.52. The standard InChI is InChI=1S/C13H16F2N4/c1-7(2)19-13(12(16)8(3)18-19)17-9-4-5-10(14)11(15)6-9/h4-7,17H,16H2,1-3H3. The molecule has 1 aromatic carbocycles. The minimum Gasteiger partial charge on any atom is -0.394 e. The Kier molecular flexibility index (Phi) is 3.42. The fourth-order valence-corrected chi connectivity index (χ4v) is 1.77. The molecule has 0 saturated heterocycles. The summed E-state index contributed by atoms with van der Waals surface area (Å²) in [6, 6.07) is 3.70. The van der Waals surface area contributed by atoms with Crippen molar-refractivity contribution in [2.24, 2.45) is 0 Å². The van der Waals surface area contributed by atoms with Crippen molar-refractivity contribution in [3.63, 3.8) is 0 Å². The Morgan fingerprint density at radius 3 is 2.53 bits per heavy atom. The number of nitrogen functional groups attached to an aromatic ring is 1. The maximum Gasteiger partial charge on any atom is 0.160 e. The van der Waals surface area contributed by atoms with Crippen molar-refractivity contribution < 1.29 is 8.78 Å². The number of aryl methyl sites for hydroxylation is 1. The van der Waals surface area contributed by atoms with Crippen LogP contribution in [0.5, 0.6) is 0 Å². The van der Waals surface area contributed by atoms with Crippen molar-refractivity contribution in [3.05, 3.63) is 35.5 Å². The Morgan fingerprint density at radius 2 is 1.95 bits per heavy atom. The molecular weight excluding hydrogens is 250 g/mol. The fraction of sp³-hybridized carbons (Fsp3) is 0.308. The van der Waals surface area contributed by atoms with E-state index in [0.717, 1.165) is 12.1 Å². The largest absolute Gasteiger partial charge is 0.394 e. The molecule has 0 bridgehead atoms. The first-order valence-corrected chi connectivity index (χ1v) is 5.96. The smallest absolute Gasteiger partial charge is 0.160 e. The van der Waals surface area contributed by atoms with Crippen molar-refractivity contribution in [1.82, 2.24) is 9.78 Å². The molecule has 19 heavy (non-hydrogen) atoms. The van der Waals surface area contributed by atoms with Crippen LogP contribution in [0.4, 0.5) is 26.0 Å². The molecule has 0 aliphatic rings. The van der Waals surface area contributed by atoms with Crippen LogP contribution in [-0.4, -0.2) is 9.78 Å². The lowest BCUT2D eigenvalue weighted by molar-refractivity contribution is 0.509. The molecule has 0 saturated carbocycles. The van der Waals surface area contributed by atoms with Gasteiger partial charge in [-0.05, 0) is 32.9 Å². The van der Waals surface area contributed by atoms with Crippen LogP contribution in [0, 0.1) is 18.6 Å². The quantitative estimate of drug-likeness (QED) is 0.895. The van der Waals surface area contributed by atoms with Crippen LogP contribution in [0.3, 0.4) is 0 Å². The zero-order valence-electron chi connectivity index (χ0n) is 11.0. The molecule has 2 rings (SSSR count). The number of nitrogens with zero attached hydrogens (tertiary/aromatic N) is 2. The van der Waals surface area contributed by atoms with Gasteiger partial charge in [-0.15, -0.1) is 0 Å². The Morgan fingerprint density at radius 1 is 1.26 bits per heavy atom. The Hall–Kier alpha value is -2.11. The third-order valence-electron chi connectivity index (χ3n) is 2.80. The van der Waals surface area contributed by atoms with Gasteiger partial charge in [0.15, 0.2) is 17.5 Å². The molecule has 0 unspecified atom stereocenters. The Bertz CT molecular complexity index is 605. The van der Waals surface area contributed by atoms with E-state index in [2.05, 4.69) is 10.4 Å². The molecule has 0 amide bonds. The van der Waals surface area contributed by atoms with E-state index < -0.39 is 11.6 Å². The molecule has 1 heterocycles. The van der Waals surface area contributed by atoms with Crippen LogP contribution in [0.2, 0.25) is 0 Å². The van der Waals surface area contributed by atoms with E-state index in [9.17, 15) is 8.78 Å². The number of anilines is 3. The van der Waals surface area contributed by atoms with Crippen molar-refractivity contribution in [2.45, 2.75) is 26.8 Å². The van der Waals surface area contributed by atoms with Crippen molar-refractivity contribution in [1.29, 1.82) is 0 Å². The first-order chi connectivity index (χ1) is 8.90. The van der Waals surface area contributed by atoms with Gasteiger partial charge >= 0.3 is 0 Å². The number of aromatic nitrogens is 2. The number of rotatable bonds is 3. The molecule has 0 radical (unpaired) electrons. The highest BCUT2D eigenvalue weighted by atomic mass is 19.2. The van der Waals surface area contributed by atoms with Gasteiger partial charge < -0.3 is 11.1 Å². The molecular formula is C13H16F2N4. The van der Waals surface area contributed by atoms with Gasteiger partial charge in [0.1, 0.15) is 0 Å². The molecule has 0 spiro atoms. The average Bonchev–Trinajstić information content (AvgIpc) is 2.62. The van der Waals surface area contributed by atoms with Gasteiger partial charge in [0.05, 0.1) is 11.4 Å². The lowest BCUT2D eigenvalue weighted by Crippen LogP contribution is -2.08. The van der Waals surface area contributed by atoms with Gasteiger partial charge in [-0.3, -0.25) is 0 Å². The van der Waals surface area contributed by atoms with Crippen LogP contribution < -0.4 is 11.1 Å². The van der Waals surface area contributed by atoms with Crippen molar-refractivity contribution >= 4 is 17.2 Å². The zero-order chi connectivity index (χ0) is 14.2. The first-order valence-electron chi connectivity index (χ1n) is 5.96. The van der Waals surface area contributed by atoms with Crippen LogP contribution >= 0.6 is 0 Å². The summed E-state index contributed by atoms with van der Waals surface area (Å²) in [5.41, 5.74) is 7.56. The van der Waals surface area contributed by atoms with Gasteiger partial charge in [0, 0.05) is 17.8 Å². The Labute approximate surface area is 110 Å². The van der Waals surface area contributed by atoms with Crippen LogP contribution in [0.15, 0.2) is 18.2 Å². The number of nitrogens with one attached hydrogen (secondary N) is 1. The highest BCUT2D eigenvalue weighted by Gasteiger charge is 2.15. The second-order valence-corrected chi connectivity index (χ2v) is 4.64. The Balaban J connectivity index is 2.40. The summed E-state index contributed by atoms with van der Waals surface area (Å²) in [6.07, 6.45) is 0. The fourth-order valence-electron chi connectivity index (χ4n) is 1.77. The maximum absolute atomic E-state index is 13.2. The average molecular weight is 266 g/mol. The van der Waals surface area contributed by atoms with Crippen molar-refractivity contribution in [2.75, 3.05) is 11.1 Å². The maximum atomic E-state index is 13.2. The number of hydrogen-bond acceptors (Lipinski definition) is 3. The second kappa shape index (κ2) is 4.87. The first kappa shape index (κ1) is 13.3. The van der Waals surface area contributed by atoms with Gasteiger partial charge in [-0.1, -0.05) is 0 Å².